The summed E-state index contributed by atoms with van der Waals surface area (Å²) in [7, 11) is -1.01. The molecular weight excluding hydrogens is 174 g/mol. The molecule has 72 valence electrons. The Morgan fingerprint density at radius 1 is 1.25 bits per heavy atom. The summed E-state index contributed by atoms with van der Waals surface area (Å²) < 4.78 is 22.6. The van der Waals surface area contributed by atoms with Crippen molar-refractivity contribution in [1.29, 1.82) is 0 Å². The fourth-order valence-electron chi connectivity index (χ4n) is 1.94. The van der Waals surface area contributed by atoms with Gasteiger partial charge < -0.3 is 5.32 Å². The Labute approximate surface area is 74.5 Å². The minimum absolute atomic E-state index is 0.156. The second kappa shape index (κ2) is 3.75. The molecule has 0 aromatic heterocycles. The van der Waals surface area contributed by atoms with E-state index in [4.69, 9.17) is 0 Å². The summed E-state index contributed by atoms with van der Waals surface area (Å²) in [5, 5.41) is 2.93. The van der Waals surface area contributed by atoms with Crippen LogP contribution in [0.2, 0.25) is 0 Å². The molecule has 3 nitrogen and oxygen atoms in total. The molecule has 1 rings (SSSR count). The zero-order chi connectivity index (χ0) is 9.19. The zero-order valence-corrected chi connectivity index (χ0v) is 8.52. The van der Waals surface area contributed by atoms with Gasteiger partial charge in [-0.3, -0.25) is 0 Å². The molecule has 1 aliphatic rings. The average molecular weight is 191 g/mol. The molecule has 0 aliphatic heterocycles. The standard InChI is InChI=1S/C8H17NO2S/c1-9-7-5-3-4-6-8(7)12(2,10)11/h7-9H,3-6H2,1-2H3/t7-,8-/m1/s1. The van der Waals surface area contributed by atoms with Gasteiger partial charge in [-0.05, 0) is 19.9 Å². The minimum Gasteiger partial charge on any atom is -0.316 e. The van der Waals surface area contributed by atoms with E-state index in [2.05, 4.69) is 5.32 Å². The van der Waals surface area contributed by atoms with Crippen LogP contribution in [0.4, 0.5) is 0 Å². The van der Waals surface area contributed by atoms with E-state index in [0.29, 0.717) is 0 Å². The van der Waals surface area contributed by atoms with Gasteiger partial charge >= 0.3 is 0 Å². The molecule has 0 saturated heterocycles. The van der Waals surface area contributed by atoms with Crippen molar-refractivity contribution in [2.24, 2.45) is 0 Å². The third kappa shape index (κ3) is 2.20. The monoisotopic (exact) mass is 191 g/mol. The van der Waals surface area contributed by atoms with Gasteiger partial charge in [0.15, 0.2) is 9.84 Å². The number of rotatable bonds is 2. The second-order valence-corrected chi connectivity index (χ2v) is 5.81. The topological polar surface area (TPSA) is 46.2 Å². The van der Waals surface area contributed by atoms with Gasteiger partial charge in [-0.2, -0.15) is 0 Å². The largest absolute Gasteiger partial charge is 0.316 e. The van der Waals surface area contributed by atoms with E-state index in [0.717, 1.165) is 25.7 Å². The third-order valence-electron chi connectivity index (χ3n) is 2.62. The molecule has 0 unspecified atom stereocenters. The molecule has 12 heavy (non-hydrogen) atoms. The molecule has 0 aromatic carbocycles. The van der Waals surface area contributed by atoms with Crippen molar-refractivity contribution >= 4 is 9.84 Å². The van der Waals surface area contributed by atoms with Crippen molar-refractivity contribution in [2.45, 2.75) is 37.0 Å². The van der Waals surface area contributed by atoms with Gasteiger partial charge in [0.2, 0.25) is 0 Å². The van der Waals surface area contributed by atoms with E-state index in [1.807, 2.05) is 7.05 Å². The first kappa shape index (κ1) is 9.99. The van der Waals surface area contributed by atoms with Gasteiger partial charge in [0, 0.05) is 12.3 Å². The van der Waals surface area contributed by atoms with Crippen LogP contribution in [0.25, 0.3) is 0 Å². The Balaban J connectivity index is 2.72. The van der Waals surface area contributed by atoms with E-state index in [1.54, 1.807) is 0 Å². The maximum atomic E-state index is 11.3. The van der Waals surface area contributed by atoms with E-state index in [9.17, 15) is 8.42 Å². The van der Waals surface area contributed by atoms with Crippen LogP contribution in [0, 0.1) is 0 Å². The molecule has 0 amide bonds. The molecule has 4 heteroatoms. The summed E-state index contributed by atoms with van der Waals surface area (Å²) in [6.45, 7) is 0. The van der Waals surface area contributed by atoms with E-state index < -0.39 is 9.84 Å². The Kier molecular flexibility index (Phi) is 3.12. The maximum Gasteiger partial charge on any atom is 0.151 e. The molecule has 1 saturated carbocycles. The molecule has 1 fully saturated rings. The molecule has 1 N–H and O–H groups in total. The van der Waals surface area contributed by atoms with Crippen LogP contribution < -0.4 is 5.32 Å². The summed E-state index contributed by atoms with van der Waals surface area (Å²) in [6, 6.07) is 0.175. The number of nitrogens with one attached hydrogen (secondary N) is 1. The van der Waals surface area contributed by atoms with E-state index in [-0.39, 0.29) is 11.3 Å². The van der Waals surface area contributed by atoms with Crippen LogP contribution in [0.1, 0.15) is 25.7 Å². The highest BCUT2D eigenvalue weighted by molar-refractivity contribution is 7.91. The molecule has 0 radical (unpaired) electrons. The van der Waals surface area contributed by atoms with Crippen molar-refractivity contribution in [1.82, 2.24) is 5.32 Å². The highest BCUT2D eigenvalue weighted by Crippen LogP contribution is 2.23. The lowest BCUT2D eigenvalue weighted by molar-refractivity contribution is 0.391. The highest BCUT2D eigenvalue weighted by atomic mass is 32.2. The zero-order valence-electron chi connectivity index (χ0n) is 7.71. The lowest BCUT2D eigenvalue weighted by atomic mass is 9.95. The Morgan fingerprint density at radius 2 is 1.83 bits per heavy atom. The molecule has 0 spiro atoms. The fourth-order valence-corrected chi connectivity index (χ4v) is 3.40. The fraction of sp³-hybridized carbons (Fsp3) is 1.00. The highest BCUT2D eigenvalue weighted by Gasteiger charge is 2.31. The SMILES string of the molecule is CN[C@@H]1CCCC[C@H]1S(C)(=O)=O. The molecule has 1 aliphatic carbocycles. The van der Waals surface area contributed by atoms with Crippen molar-refractivity contribution in [3.8, 4) is 0 Å². The number of hydrogen-bond donors (Lipinski definition) is 1. The van der Waals surface area contributed by atoms with Gasteiger partial charge in [-0.25, -0.2) is 8.42 Å². The van der Waals surface area contributed by atoms with Crippen molar-refractivity contribution in [3.63, 3.8) is 0 Å². The normalized spacial score (nSPS) is 31.8. The predicted octanol–water partition coefficient (Wildman–Crippen LogP) is 0.562. The van der Waals surface area contributed by atoms with E-state index >= 15 is 0 Å². The van der Waals surface area contributed by atoms with Gasteiger partial charge in [0.05, 0.1) is 5.25 Å². The predicted molar refractivity (Wildman–Crippen MR) is 49.9 cm³/mol. The molecule has 0 aromatic rings. The average Bonchev–Trinajstić information content (AvgIpc) is 2.03. The summed E-state index contributed by atoms with van der Waals surface area (Å²) in [5.41, 5.74) is 0. The summed E-state index contributed by atoms with van der Waals surface area (Å²) >= 11 is 0. The van der Waals surface area contributed by atoms with Crippen LogP contribution in [0.5, 0.6) is 0 Å². The van der Waals surface area contributed by atoms with Crippen molar-refractivity contribution in [2.75, 3.05) is 13.3 Å². The Hall–Kier alpha value is -0.0900. The van der Waals surface area contributed by atoms with Crippen LogP contribution in [0.3, 0.4) is 0 Å². The van der Waals surface area contributed by atoms with Gasteiger partial charge in [-0.15, -0.1) is 0 Å². The Bertz CT molecular complexity index is 235. The summed E-state index contributed by atoms with van der Waals surface area (Å²) in [4.78, 5) is 0. The molecule has 0 bridgehead atoms. The smallest absolute Gasteiger partial charge is 0.151 e. The Morgan fingerprint density at radius 3 is 2.25 bits per heavy atom. The quantitative estimate of drug-likeness (QED) is 0.694. The van der Waals surface area contributed by atoms with Crippen LogP contribution >= 0.6 is 0 Å². The first-order chi connectivity index (χ1) is 5.55. The lowest BCUT2D eigenvalue weighted by Crippen LogP contribution is -2.44. The van der Waals surface area contributed by atoms with Crippen LogP contribution in [-0.2, 0) is 9.84 Å². The third-order valence-corrected chi connectivity index (χ3v) is 4.29. The molecular formula is C8H17NO2S. The lowest BCUT2D eigenvalue weighted by Gasteiger charge is -2.29. The number of sulfone groups is 1. The van der Waals surface area contributed by atoms with Gasteiger partial charge in [0.1, 0.15) is 0 Å². The second-order valence-electron chi connectivity index (χ2n) is 3.55. The van der Waals surface area contributed by atoms with Gasteiger partial charge in [0.25, 0.3) is 0 Å². The summed E-state index contributed by atoms with van der Waals surface area (Å²) in [6.07, 6.45) is 5.36. The summed E-state index contributed by atoms with van der Waals surface area (Å²) in [5.74, 6) is 0. The van der Waals surface area contributed by atoms with Crippen molar-refractivity contribution < 1.29 is 8.42 Å². The first-order valence-corrected chi connectivity index (χ1v) is 6.37. The van der Waals surface area contributed by atoms with Crippen LogP contribution in [0.15, 0.2) is 0 Å². The maximum absolute atomic E-state index is 11.3. The molecule has 2 atom stereocenters. The minimum atomic E-state index is -2.85. The van der Waals surface area contributed by atoms with Crippen molar-refractivity contribution in [3.05, 3.63) is 0 Å². The number of hydrogen-bond acceptors (Lipinski definition) is 3. The van der Waals surface area contributed by atoms with E-state index in [1.165, 1.54) is 6.26 Å². The van der Waals surface area contributed by atoms with Gasteiger partial charge in [-0.1, -0.05) is 12.8 Å². The van der Waals surface area contributed by atoms with Crippen LogP contribution in [-0.4, -0.2) is 33.0 Å². The first-order valence-electron chi connectivity index (χ1n) is 4.42. The molecule has 0 heterocycles.